The lowest BCUT2D eigenvalue weighted by atomic mass is 10.0. The Morgan fingerprint density at radius 1 is 1.19 bits per heavy atom. The van der Waals surface area contributed by atoms with Crippen LogP contribution in [0.5, 0.6) is 0 Å². The van der Waals surface area contributed by atoms with Gasteiger partial charge in [0.15, 0.2) is 0 Å². The van der Waals surface area contributed by atoms with Crippen LogP contribution in [0.3, 0.4) is 0 Å². The first-order valence-corrected chi connectivity index (χ1v) is 5.57. The highest BCUT2D eigenvalue weighted by Crippen LogP contribution is 2.22. The number of rotatable bonds is 3. The van der Waals surface area contributed by atoms with E-state index >= 15 is 0 Å². The average Bonchev–Trinajstić information content (AvgIpc) is 2.71. The lowest BCUT2D eigenvalue weighted by Gasteiger charge is -2.02. The summed E-state index contributed by atoms with van der Waals surface area (Å²) in [5.41, 5.74) is 4.85. The smallest absolute Gasteiger partial charge is 0.148 e. The average molecular weight is 215 g/mol. The summed E-state index contributed by atoms with van der Waals surface area (Å²) in [6, 6.07) is 8.47. The number of H-pyrrole nitrogens is 1. The number of hydrogen-bond acceptors (Lipinski definition) is 2. The van der Waals surface area contributed by atoms with Crippen molar-refractivity contribution in [2.75, 3.05) is 11.9 Å². The summed E-state index contributed by atoms with van der Waals surface area (Å²) in [6.07, 6.45) is 0. The van der Waals surface area contributed by atoms with Crippen LogP contribution in [0, 0.1) is 13.8 Å². The highest BCUT2D eigenvalue weighted by molar-refractivity contribution is 5.64. The fourth-order valence-electron chi connectivity index (χ4n) is 1.65. The molecule has 0 spiro atoms. The van der Waals surface area contributed by atoms with Crippen molar-refractivity contribution in [3.63, 3.8) is 0 Å². The van der Waals surface area contributed by atoms with Gasteiger partial charge in [-0.05, 0) is 43.5 Å². The van der Waals surface area contributed by atoms with Gasteiger partial charge in [-0.3, -0.25) is 5.10 Å². The van der Waals surface area contributed by atoms with E-state index in [2.05, 4.69) is 54.5 Å². The SMILES string of the molecule is CCNc1cc(-c2ccc(C)c(C)c2)[nH]n1. The lowest BCUT2D eigenvalue weighted by molar-refractivity contribution is 1.07. The summed E-state index contributed by atoms with van der Waals surface area (Å²) >= 11 is 0. The van der Waals surface area contributed by atoms with E-state index in [0.717, 1.165) is 18.1 Å². The van der Waals surface area contributed by atoms with Crippen molar-refractivity contribution >= 4 is 5.82 Å². The molecular weight excluding hydrogens is 198 g/mol. The molecule has 1 aromatic carbocycles. The molecule has 1 aromatic heterocycles. The molecule has 3 heteroatoms. The topological polar surface area (TPSA) is 40.7 Å². The second-order valence-electron chi connectivity index (χ2n) is 4.00. The molecule has 0 atom stereocenters. The molecule has 0 bridgehead atoms. The molecule has 0 saturated heterocycles. The van der Waals surface area contributed by atoms with Crippen molar-refractivity contribution in [2.45, 2.75) is 20.8 Å². The largest absolute Gasteiger partial charge is 0.369 e. The second kappa shape index (κ2) is 4.39. The van der Waals surface area contributed by atoms with Gasteiger partial charge in [0, 0.05) is 12.6 Å². The first-order chi connectivity index (χ1) is 7.70. The van der Waals surface area contributed by atoms with Crippen LogP contribution in [0.25, 0.3) is 11.3 Å². The summed E-state index contributed by atoms with van der Waals surface area (Å²) in [6.45, 7) is 7.19. The van der Waals surface area contributed by atoms with Gasteiger partial charge in [0.25, 0.3) is 0 Å². The highest BCUT2D eigenvalue weighted by Gasteiger charge is 2.03. The Kier molecular flexibility index (Phi) is 2.95. The van der Waals surface area contributed by atoms with Crippen LogP contribution >= 0.6 is 0 Å². The molecule has 0 aliphatic carbocycles. The Morgan fingerprint density at radius 3 is 2.69 bits per heavy atom. The third kappa shape index (κ3) is 2.08. The number of nitrogens with zero attached hydrogens (tertiary/aromatic N) is 1. The van der Waals surface area contributed by atoms with Crippen LogP contribution in [-0.2, 0) is 0 Å². The number of nitrogens with one attached hydrogen (secondary N) is 2. The molecule has 16 heavy (non-hydrogen) atoms. The van der Waals surface area contributed by atoms with Gasteiger partial charge < -0.3 is 5.32 Å². The van der Waals surface area contributed by atoms with E-state index in [1.165, 1.54) is 16.7 Å². The highest BCUT2D eigenvalue weighted by atomic mass is 15.2. The molecule has 0 saturated carbocycles. The molecule has 3 nitrogen and oxygen atoms in total. The van der Waals surface area contributed by atoms with Crippen LogP contribution in [-0.4, -0.2) is 16.7 Å². The Balaban J connectivity index is 2.31. The number of aryl methyl sites for hydroxylation is 2. The van der Waals surface area contributed by atoms with E-state index in [4.69, 9.17) is 0 Å². The van der Waals surface area contributed by atoms with Crippen LogP contribution in [0.15, 0.2) is 24.3 Å². The fraction of sp³-hybridized carbons (Fsp3) is 0.308. The summed E-state index contributed by atoms with van der Waals surface area (Å²) < 4.78 is 0. The number of benzene rings is 1. The first-order valence-electron chi connectivity index (χ1n) is 5.57. The summed E-state index contributed by atoms with van der Waals surface area (Å²) in [5, 5.41) is 10.4. The molecule has 2 aromatic rings. The summed E-state index contributed by atoms with van der Waals surface area (Å²) in [7, 11) is 0. The fourth-order valence-corrected chi connectivity index (χ4v) is 1.65. The van der Waals surface area contributed by atoms with Gasteiger partial charge in [-0.25, -0.2) is 0 Å². The number of hydrogen-bond donors (Lipinski definition) is 2. The number of anilines is 1. The maximum atomic E-state index is 4.20. The van der Waals surface area contributed by atoms with E-state index < -0.39 is 0 Å². The van der Waals surface area contributed by atoms with Crippen LogP contribution in [0.4, 0.5) is 5.82 Å². The Labute approximate surface area is 95.9 Å². The molecule has 1 heterocycles. The van der Waals surface area contributed by atoms with Gasteiger partial charge in [-0.15, -0.1) is 0 Å². The molecule has 0 amide bonds. The van der Waals surface area contributed by atoms with Gasteiger partial charge in [0.2, 0.25) is 0 Å². The lowest BCUT2D eigenvalue weighted by Crippen LogP contribution is -1.95. The zero-order valence-corrected chi connectivity index (χ0v) is 9.96. The maximum absolute atomic E-state index is 4.20. The third-order valence-corrected chi connectivity index (χ3v) is 2.75. The molecule has 0 aliphatic rings. The van der Waals surface area contributed by atoms with Gasteiger partial charge in [0.05, 0.1) is 5.69 Å². The van der Waals surface area contributed by atoms with Gasteiger partial charge >= 0.3 is 0 Å². The second-order valence-corrected chi connectivity index (χ2v) is 4.00. The van der Waals surface area contributed by atoms with E-state index in [-0.39, 0.29) is 0 Å². The van der Waals surface area contributed by atoms with E-state index in [9.17, 15) is 0 Å². The minimum atomic E-state index is 0.886. The quantitative estimate of drug-likeness (QED) is 0.825. The third-order valence-electron chi connectivity index (χ3n) is 2.75. The molecule has 0 fully saturated rings. The van der Waals surface area contributed by atoms with Crippen LogP contribution < -0.4 is 5.32 Å². The molecular formula is C13H17N3. The van der Waals surface area contributed by atoms with Gasteiger partial charge in [-0.2, -0.15) is 5.10 Å². The van der Waals surface area contributed by atoms with Gasteiger partial charge in [0.1, 0.15) is 5.82 Å². The van der Waals surface area contributed by atoms with Crippen LogP contribution in [0.1, 0.15) is 18.1 Å². The number of aromatic nitrogens is 2. The number of aromatic amines is 1. The normalized spacial score (nSPS) is 10.4. The monoisotopic (exact) mass is 215 g/mol. The van der Waals surface area contributed by atoms with Crippen molar-refractivity contribution in [1.29, 1.82) is 0 Å². The Morgan fingerprint density at radius 2 is 2.00 bits per heavy atom. The summed E-state index contributed by atoms with van der Waals surface area (Å²) in [4.78, 5) is 0. The predicted molar refractivity (Wildman–Crippen MR) is 67.7 cm³/mol. The standard InChI is InChI=1S/C13H17N3/c1-4-14-13-8-12(15-16-13)11-6-5-9(2)10(3)7-11/h5-8H,4H2,1-3H3,(H2,14,15,16). The molecule has 2 N–H and O–H groups in total. The van der Waals surface area contributed by atoms with Crippen LogP contribution in [0.2, 0.25) is 0 Å². The Hall–Kier alpha value is -1.77. The zero-order chi connectivity index (χ0) is 11.5. The van der Waals surface area contributed by atoms with Gasteiger partial charge in [-0.1, -0.05) is 12.1 Å². The van der Waals surface area contributed by atoms with Crippen molar-refractivity contribution in [1.82, 2.24) is 10.2 Å². The van der Waals surface area contributed by atoms with Crippen molar-refractivity contribution in [2.24, 2.45) is 0 Å². The predicted octanol–water partition coefficient (Wildman–Crippen LogP) is 3.13. The van der Waals surface area contributed by atoms with Crippen molar-refractivity contribution in [3.8, 4) is 11.3 Å². The van der Waals surface area contributed by atoms with Crippen molar-refractivity contribution in [3.05, 3.63) is 35.4 Å². The minimum absolute atomic E-state index is 0.886. The van der Waals surface area contributed by atoms with E-state index in [1.54, 1.807) is 0 Å². The molecule has 84 valence electrons. The molecule has 2 rings (SSSR count). The van der Waals surface area contributed by atoms with Crippen molar-refractivity contribution < 1.29 is 0 Å². The first kappa shape index (κ1) is 10.7. The van der Waals surface area contributed by atoms with E-state index in [1.807, 2.05) is 6.07 Å². The van der Waals surface area contributed by atoms with E-state index in [0.29, 0.717) is 0 Å². The zero-order valence-electron chi connectivity index (χ0n) is 9.96. The molecule has 0 unspecified atom stereocenters. The Bertz CT molecular complexity index is 486. The molecule has 0 radical (unpaired) electrons. The summed E-state index contributed by atoms with van der Waals surface area (Å²) in [5.74, 6) is 0.899. The molecule has 0 aliphatic heterocycles. The maximum Gasteiger partial charge on any atom is 0.148 e. The minimum Gasteiger partial charge on any atom is -0.369 e.